The van der Waals surface area contributed by atoms with Gasteiger partial charge in [0.25, 0.3) is 0 Å². The first-order valence-corrected chi connectivity index (χ1v) is 6.84. The molecule has 18 heavy (non-hydrogen) atoms. The molecule has 0 amide bonds. The standard InChI is InChI=1S/C14H20BrNO2/c1-9(2)11(8-16)13(17)7-10-4-5-14(18-3)12(15)6-10/h4-6,9,11H,7-8,16H2,1-3H3. The van der Waals surface area contributed by atoms with E-state index in [-0.39, 0.29) is 17.6 Å². The van der Waals surface area contributed by atoms with Gasteiger partial charge in [0.05, 0.1) is 11.6 Å². The van der Waals surface area contributed by atoms with E-state index >= 15 is 0 Å². The zero-order valence-electron chi connectivity index (χ0n) is 11.1. The molecule has 0 aliphatic rings. The molecule has 0 fully saturated rings. The fourth-order valence-electron chi connectivity index (χ4n) is 1.93. The number of nitrogens with two attached hydrogens (primary N) is 1. The minimum atomic E-state index is -0.0640. The zero-order valence-corrected chi connectivity index (χ0v) is 12.7. The molecule has 1 aromatic rings. The molecule has 1 aromatic carbocycles. The molecule has 0 spiro atoms. The zero-order chi connectivity index (χ0) is 13.7. The van der Waals surface area contributed by atoms with Crippen molar-refractivity contribution in [2.45, 2.75) is 20.3 Å². The first kappa shape index (κ1) is 15.2. The van der Waals surface area contributed by atoms with Crippen LogP contribution in [0.25, 0.3) is 0 Å². The molecule has 0 saturated carbocycles. The highest BCUT2D eigenvalue weighted by Crippen LogP contribution is 2.26. The number of benzene rings is 1. The normalized spacial score (nSPS) is 12.6. The molecule has 0 heterocycles. The second-order valence-corrected chi connectivity index (χ2v) is 5.55. The van der Waals surface area contributed by atoms with Gasteiger partial charge in [-0.15, -0.1) is 0 Å². The Kier molecular flexibility index (Phi) is 5.82. The Bertz CT molecular complexity index is 418. The van der Waals surface area contributed by atoms with Gasteiger partial charge in [-0.25, -0.2) is 0 Å². The average Bonchev–Trinajstić information content (AvgIpc) is 2.29. The van der Waals surface area contributed by atoms with Crippen molar-refractivity contribution in [2.24, 2.45) is 17.6 Å². The van der Waals surface area contributed by atoms with E-state index in [0.29, 0.717) is 13.0 Å². The minimum absolute atomic E-state index is 0.0640. The van der Waals surface area contributed by atoms with Gasteiger partial charge in [0.15, 0.2) is 0 Å². The number of methoxy groups -OCH3 is 1. The SMILES string of the molecule is COc1ccc(CC(=O)C(CN)C(C)C)cc1Br. The van der Waals surface area contributed by atoms with Gasteiger partial charge >= 0.3 is 0 Å². The molecule has 4 heteroatoms. The summed E-state index contributed by atoms with van der Waals surface area (Å²) >= 11 is 3.42. The molecule has 100 valence electrons. The maximum atomic E-state index is 12.1. The van der Waals surface area contributed by atoms with Gasteiger partial charge in [0, 0.05) is 18.9 Å². The number of rotatable bonds is 6. The number of carbonyl (C=O) groups excluding carboxylic acids is 1. The Labute approximate surface area is 117 Å². The molecule has 0 aliphatic heterocycles. The highest BCUT2D eigenvalue weighted by atomic mass is 79.9. The third kappa shape index (κ3) is 3.82. The Morgan fingerprint density at radius 3 is 2.56 bits per heavy atom. The van der Waals surface area contributed by atoms with Gasteiger partial charge in [0.1, 0.15) is 11.5 Å². The molecule has 3 nitrogen and oxygen atoms in total. The Morgan fingerprint density at radius 2 is 2.11 bits per heavy atom. The first-order chi connectivity index (χ1) is 8.49. The third-order valence-corrected chi connectivity index (χ3v) is 3.69. The summed E-state index contributed by atoms with van der Waals surface area (Å²) in [5, 5.41) is 0. The molecular formula is C14H20BrNO2. The van der Waals surface area contributed by atoms with E-state index in [0.717, 1.165) is 15.8 Å². The number of halogens is 1. The van der Waals surface area contributed by atoms with Crippen LogP contribution in [0.2, 0.25) is 0 Å². The van der Waals surface area contributed by atoms with Gasteiger partial charge in [-0.1, -0.05) is 19.9 Å². The van der Waals surface area contributed by atoms with Crippen molar-refractivity contribution in [1.29, 1.82) is 0 Å². The summed E-state index contributed by atoms with van der Waals surface area (Å²) in [6.45, 7) is 4.46. The maximum absolute atomic E-state index is 12.1. The Balaban J connectivity index is 2.78. The molecule has 0 aromatic heterocycles. The van der Waals surface area contributed by atoms with Gasteiger partial charge in [-0.2, -0.15) is 0 Å². The third-order valence-electron chi connectivity index (χ3n) is 3.07. The van der Waals surface area contributed by atoms with Crippen molar-refractivity contribution in [3.8, 4) is 5.75 Å². The van der Waals surface area contributed by atoms with Crippen molar-refractivity contribution < 1.29 is 9.53 Å². The van der Waals surface area contributed by atoms with E-state index in [1.165, 1.54) is 0 Å². The lowest BCUT2D eigenvalue weighted by atomic mass is 9.88. The van der Waals surface area contributed by atoms with E-state index in [9.17, 15) is 4.79 Å². The molecule has 0 bridgehead atoms. The molecular weight excluding hydrogens is 294 g/mol. The number of ether oxygens (including phenoxy) is 1. The number of Topliss-reactive ketones (excluding diaryl/α,β-unsaturated/α-hetero) is 1. The van der Waals surface area contributed by atoms with E-state index in [4.69, 9.17) is 10.5 Å². The van der Waals surface area contributed by atoms with Crippen LogP contribution in [0.5, 0.6) is 5.75 Å². The summed E-state index contributed by atoms with van der Waals surface area (Å²) in [4.78, 5) is 12.1. The number of hydrogen-bond acceptors (Lipinski definition) is 3. The summed E-state index contributed by atoms with van der Waals surface area (Å²) in [7, 11) is 1.62. The number of hydrogen-bond donors (Lipinski definition) is 1. The van der Waals surface area contributed by atoms with Crippen LogP contribution >= 0.6 is 15.9 Å². The van der Waals surface area contributed by atoms with Crippen LogP contribution in [0.4, 0.5) is 0 Å². The number of ketones is 1. The van der Waals surface area contributed by atoms with Crippen molar-refractivity contribution in [1.82, 2.24) is 0 Å². The Hall–Kier alpha value is -0.870. The van der Waals surface area contributed by atoms with Gasteiger partial charge in [-0.3, -0.25) is 4.79 Å². The van der Waals surface area contributed by atoms with Crippen molar-refractivity contribution >= 4 is 21.7 Å². The predicted molar refractivity (Wildman–Crippen MR) is 76.8 cm³/mol. The molecule has 1 rings (SSSR count). The topological polar surface area (TPSA) is 52.3 Å². The van der Waals surface area contributed by atoms with E-state index in [1.807, 2.05) is 32.0 Å². The summed E-state index contributed by atoms with van der Waals surface area (Å²) in [6, 6.07) is 5.69. The molecule has 0 radical (unpaired) electrons. The molecule has 0 aliphatic carbocycles. The minimum Gasteiger partial charge on any atom is -0.496 e. The van der Waals surface area contributed by atoms with Crippen molar-refractivity contribution in [3.05, 3.63) is 28.2 Å². The van der Waals surface area contributed by atoms with Crippen LogP contribution in [0.3, 0.4) is 0 Å². The van der Waals surface area contributed by atoms with Crippen LogP contribution in [0, 0.1) is 11.8 Å². The molecule has 0 saturated heterocycles. The quantitative estimate of drug-likeness (QED) is 0.878. The van der Waals surface area contributed by atoms with Crippen LogP contribution in [0.1, 0.15) is 19.4 Å². The smallest absolute Gasteiger partial charge is 0.141 e. The molecule has 2 N–H and O–H groups in total. The van der Waals surface area contributed by atoms with Crippen molar-refractivity contribution in [2.75, 3.05) is 13.7 Å². The maximum Gasteiger partial charge on any atom is 0.141 e. The van der Waals surface area contributed by atoms with Gasteiger partial charge < -0.3 is 10.5 Å². The van der Waals surface area contributed by atoms with Gasteiger partial charge in [-0.05, 0) is 39.5 Å². The van der Waals surface area contributed by atoms with Crippen LogP contribution in [0.15, 0.2) is 22.7 Å². The Morgan fingerprint density at radius 1 is 1.44 bits per heavy atom. The lowest BCUT2D eigenvalue weighted by Crippen LogP contribution is -2.29. The highest BCUT2D eigenvalue weighted by molar-refractivity contribution is 9.10. The van der Waals surface area contributed by atoms with E-state index in [1.54, 1.807) is 7.11 Å². The summed E-state index contributed by atoms with van der Waals surface area (Å²) < 4.78 is 6.02. The largest absolute Gasteiger partial charge is 0.496 e. The average molecular weight is 314 g/mol. The van der Waals surface area contributed by atoms with Crippen molar-refractivity contribution in [3.63, 3.8) is 0 Å². The first-order valence-electron chi connectivity index (χ1n) is 6.04. The summed E-state index contributed by atoms with van der Waals surface area (Å²) in [5.74, 6) is 1.19. The predicted octanol–water partition coefficient (Wildman–Crippen LogP) is 2.80. The van der Waals surface area contributed by atoms with E-state index in [2.05, 4.69) is 15.9 Å². The monoisotopic (exact) mass is 313 g/mol. The van der Waals surface area contributed by atoms with Crippen LogP contribution in [-0.2, 0) is 11.2 Å². The van der Waals surface area contributed by atoms with Crippen LogP contribution < -0.4 is 10.5 Å². The summed E-state index contributed by atoms with van der Waals surface area (Å²) in [5.41, 5.74) is 6.63. The second-order valence-electron chi connectivity index (χ2n) is 4.70. The molecule has 1 atom stereocenters. The highest BCUT2D eigenvalue weighted by Gasteiger charge is 2.20. The number of carbonyl (C=O) groups is 1. The second kappa shape index (κ2) is 6.90. The fraction of sp³-hybridized carbons (Fsp3) is 0.500. The molecule has 1 unspecified atom stereocenters. The van der Waals surface area contributed by atoms with Gasteiger partial charge in [0.2, 0.25) is 0 Å². The lowest BCUT2D eigenvalue weighted by Gasteiger charge is -2.17. The summed E-state index contributed by atoms with van der Waals surface area (Å²) in [6.07, 6.45) is 0.419. The van der Waals surface area contributed by atoms with E-state index < -0.39 is 0 Å². The fourth-order valence-corrected chi connectivity index (χ4v) is 2.52. The lowest BCUT2D eigenvalue weighted by molar-refractivity contribution is -0.123. The van der Waals surface area contributed by atoms with Crippen LogP contribution in [-0.4, -0.2) is 19.4 Å².